The minimum absolute atomic E-state index is 0.0272. The van der Waals surface area contributed by atoms with Gasteiger partial charge in [-0.15, -0.1) is 0 Å². The molecule has 0 aromatic heterocycles. The molecule has 2 saturated heterocycles. The van der Waals surface area contributed by atoms with Crippen LogP contribution in [-0.2, 0) is 25.5 Å². The number of benzene rings is 2. The summed E-state index contributed by atoms with van der Waals surface area (Å²) in [6.45, 7) is 4.72. The van der Waals surface area contributed by atoms with Crippen LogP contribution < -0.4 is 10.6 Å². The molecule has 1 spiro atoms. The number of nitrogens with one attached hydrogen (secondary N) is 2. The van der Waals surface area contributed by atoms with E-state index in [4.69, 9.17) is 27.9 Å². The molecule has 0 unspecified atom stereocenters. The molecule has 1 saturated carbocycles. The Labute approximate surface area is 250 Å². The summed E-state index contributed by atoms with van der Waals surface area (Å²) in [7, 11) is 0. The third kappa shape index (κ3) is 5.06. The van der Waals surface area contributed by atoms with Crippen LogP contribution in [0.3, 0.4) is 0 Å². The number of amides is 3. The Morgan fingerprint density at radius 3 is 2.59 bits per heavy atom. The van der Waals surface area contributed by atoms with Gasteiger partial charge in [-0.2, -0.15) is 0 Å². The van der Waals surface area contributed by atoms with E-state index in [2.05, 4.69) is 24.5 Å². The van der Waals surface area contributed by atoms with Crippen LogP contribution in [0.25, 0.3) is 0 Å². The van der Waals surface area contributed by atoms with Gasteiger partial charge in [-0.1, -0.05) is 80.2 Å². The summed E-state index contributed by atoms with van der Waals surface area (Å²) in [6, 6.07) is 13.5. The van der Waals surface area contributed by atoms with E-state index < -0.39 is 29.6 Å². The van der Waals surface area contributed by atoms with Gasteiger partial charge >= 0.3 is 0 Å². The Morgan fingerprint density at radius 2 is 1.83 bits per heavy atom. The van der Waals surface area contributed by atoms with Gasteiger partial charge in [-0.05, 0) is 60.6 Å². The lowest BCUT2D eigenvalue weighted by Crippen LogP contribution is -2.58. The molecule has 7 nitrogen and oxygen atoms in total. The second kappa shape index (κ2) is 11.1. The first-order chi connectivity index (χ1) is 19.7. The summed E-state index contributed by atoms with van der Waals surface area (Å²) in [5.41, 5.74) is 0.343. The van der Waals surface area contributed by atoms with Gasteiger partial charge in [0.15, 0.2) is 0 Å². The fourth-order valence-corrected chi connectivity index (χ4v) is 7.56. The summed E-state index contributed by atoms with van der Waals surface area (Å²) in [5.74, 6) is -1.52. The van der Waals surface area contributed by atoms with Crippen molar-refractivity contribution in [3.05, 3.63) is 76.3 Å². The van der Waals surface area contributed by atoms with Crippen molar-refractivity contribution in [2.24, 2.45) is 23.7 Å². The standard InChI is InChI=1S/C32H35Cl2N3O4/c1-18-5-3-8-24(19(18)2)36-30(39)28-32-15-13-25(41-32)26(29(38)35-23-7-4-6-22(34)17-23)27(32)31(40)37(28)16-14-20-9-11-21(33)12-10-20/h4,6-7,9-13,15,17-19,24-28H,3,5,8,14,16H2,1-2H3,(H,35,38)(H,36,39)/t18-,19+,24+,25+,26+,27+,28+,32+/m1/s1. The smallest absolute Gasteiger partial charge is 0.246 e. The quantitative estimate of drug-likeness (QED) is 0.427. The lowest BCUT2D eigenvalue weighted by molar-refractivity contribution is -0.141. The van der Waals surface area contributed by atoms with Crippen molar-refractivity contribution in [2.45, 2.75) is 63.3 Å². The van der Waals surface area contributed by atoms with Gasteiger partial charge < -0.3 is 20.3 Å². The van der Waals surface area contributed by atoms with Crippen LogP contribution in [0.5, 0.6) is 0 Å². The van der Waals surface area contributed by atoms with E-state index >= 15 is 0 Å². The fourth-order valence-electron chi connectivity index (χ4n) is 7.25. The van der Waals surface area contributed by atoms with Crippen molar-refractivity contribution in [3.8, 4) is 0 Å². The second-order valence-electron chi connectivity index (χ2n) is 12.0. The molecule has 3 aliphatic heterocycles. The van der Waals surface area contributed by atoms with Gasteiger partial charge in [0, 0.05) is 28.3 Å². The minimum atomic E-state index is -1.20. The number of anilines is 1. The summed E-state index contributed by atoms with van der Waals surface area (Å²) in [6.07, 6.45) is 6.74. The maximum absolute atomic E-state index is 14.2. The highest BCUT2D eigenvalue weighted by Crippen LogP contribution is 2.55. The second-order valence-corrected chi connectivity index (χ2v) is 12.9. The van der Waals surface area contributed by atoms with E-state index in [1.54, 1.807) is 29.2 Å². The maximum Gasteiger partial charge on any atom is 0.246 e. The molecule has 9 heteroatoms. The molecule has 2 aromatic carbocycles. The molecular formula is C32H35Cl2N3O4. The average Bonchev–Trinajstić information content (AvgIpc) is 3.58. The van der Waals surface area contributed by atoms with Crippen molar-refractivity contribution in [2.75, 3.05) is 11.9 Å². The zero-order valence-corrected chi connectivity index (χ0v) is 24.7. The van der Waals surface area contributed by atoms with E-state index in [0.717, 1.165) is 24.8 Å². The van der Waals surface area contributed by atoms with E-state index in [-0.39, 0.29) is 23.8 Å². The first-order valence-corrected chi connectivity index (χ1v) is 15.2. The summed E-state index contributed by atoms with van der Waals surface area (Å²) in [5, 5.41) is 7.35. The Hall–Kier alpha value is -2.87. The van der Waals surface area contributed by atoms with Gasteiger partial charge in [0.25, 0.3) is 0 Å². The van der Waals surface area contributed by atoms with Crippen LogP contribution in [0.2, 0.25) is 10.0 Å². The third-order valence-electron chi connectivity index (χ3n) is 9.61. The van der Waals surface area contributed by atoms with Crippen LogP contribution in [0.15, 0.2) is 60.7 Å². The Kier molecular flexibility index (Phi) is 7.64. The molecule has 6 rings (SSSR count). The van der Waals surface area contributed by atoms with Crippen LogP contribution in [-0.4, -0.2) is 53.0 Å². The zero-order chi connectivity index (χ0) is 28.9. The van der Waals surface area contributed by atoms with E-state index in [1.165, 1.54) is 0 Å². The monoisotopic (exact) mass is 595 g/mol. The molecule has 4 aliphatic rings. The Bertz CT molecular complexity index is 1380. The molecule has 2 aromatic rings. The molecule has 41 heavy (non-hydrogen) atoms. The zero-order valence-electron chi connectivity index (χ0n) is 23.2. The predicted molar refractivity (Wildman–Crippen MR) is 159 cm³/mol. The number of carbonyl (C=O) groups is 3. The number of likely N-dealkylation sites (tertiary alicyclic amines) is 1. The summed E-state index contributed by atoms with van der Waals surface area (Å²) >= 11 is 12.2. The van der Waals surface area contributed by atoms with Gasteiger partial charge in [0.2, 0.25) is 17.7 Å². The number of carbonyl (C=O) groups excluding carboxylic acids is 3. The van der Waals surface area contributed by atoms with E-state index in [9.17, 15) is 14.4 Å². The van der Waals surface area contributed by atoms with Crippen LogP contribution in [0, 0.1) is 23.7 Å². The number of fused-ring (bicyclic) bond motifs is 1. The molecule has 0 radical (unpaired) electrons. The summed E-state index contributed by atoms with van der Waals surface area (Å²) in [4.78, 5) is 43.6. The molecule has 3 heterocycles. The van der Waals surface area contributed by atoms with Crippen molar-refractivity contribution >= 4 is 46.6 Å². The number of hydrogen-bond donors (Lipinski definition) is 2. The van der Waals surface area contributed by atoms with Crippen molar-refractivity contribution in [1.29, 1.82) is 0 Å². The number of halogens is 2. The molecule has 2 N–H and O–H groups in total. The lowest BCUT2D eigenvalue weighted by Gasteiger charge is -2.38. The molecule has 2 bridgehead atoms. The Morgan fingerprint density at radius 1 is 1.05 bits per heavy atom. The van der Waals surface area contributed by atoms with Crippen LogP contribution >= 0.6 is 23.2 Å². The topological polar surface area (TPSA) is 87.7 Å². The Balaban J connectivity index is 1.30. The molecule has 3 fully saturated rings. The van der Waals surface area contributed by atoms with E-state index in [1.807, 2.05) is 36.4 Å². The van der Waals surface area contributed by atoms with Crippen LogP contribution in [0.4, 0.5) is 5.69 Å². The number of ether oxygens (including phenoxy) is 1. The van der Waals surface area contributed by atoms with Gasteiger partial charge in [0.05, 0.1) is 17.9 Å². The normalized spacial score (nSPS) is 33.6. The fraction of sp³-hybridized carbons (Fsp3) is 0.469. The average molecular weight is 597 g/mol. The van der Waals surface area contributed by atoms with E-state index in [0.29, 0.717) is 40.5 Å². The highest BCUT2D eigenvalue weighted by atomic mass is 35.5. The predicted octanol–water partition coefficient (Wildman–Crippen LogP) is 5.27. The van der Waals surface area contributed by atoms with Crippen molar-refractivity contribution in [1.82, 2.24) is 10.2 Å². The maximum atomic E-state index is 14.2. The lowest BCUT2D eigenvalue weighted by atomic mass is 9.73. The van der Waals surface area contributed by atoms with Crippen LogP contribution in [0.1, 0.15) is 38.7 Å². The summed E-state index contributed by atoms with van der Waals surface area (Å²) < 4.78 is 6.48. The SMILES string of the molecule is C[C@H]1[C@H](C)CCC[C@@H]1NC(=O)[C@@H]1N(CCc2ccc(Cl)cc2)C(=O)[C@@H]2[C@@H](C(=O)Nc3cccc(Cl)c3)[C@@H]3C=C[C@]21O3. The van der Waals surface area contributed by atoms with Gasteiger partial charge in [-0.25, -0.2) is 0 Å². The largest absolute Gasteiger partial charge is 0.359 e. The van der Waals surface area contributed by atoms with Gasteiger partial charge in [-0.3, -0.25) is 14.4 Å². The number of rotatable bonds is 7. The first kappa shape index (κ1) is 28.3. The highest BCUT2D eigenvalue weighted by molar-refractivity contribution is 6.31. The first-order valence-electron chi connectivity index (χ1n) is 14.5. The number of nitrogens with zero attached hydrogens (tertiary/aromatic N) is 1. The van der Waals surface area contributed by atoms with Crippen molar-refractivity contribution in [3.63, 3.8) is 0 Å². The third-order valence-corrected chi connectivity index (χ3v) is 10.1. The van der Waals surface area contributed by atoms with Gasteiger partial charge in [0.1, 0.15) is 11.6 Å². The highest BCUT2D eigenvalue weighted by Gasteiger charge is 2.72. The van der Waals surface area contributed by atoms with Crippen molar-refractivity contribution < 1.29 is 19.1 Å². The molecule has 216 valence electrons. The number of hydrogen-bond acceptors (Lipinski definition) is 4. The molecular weight excluding hydrogens is 561 g/mol. The molecule has 1 aliphatic carbocycles. The molecule has 3 amide bonds. The molecule has 8 atom stereocenters. The minimum Gasteiger partial charge on any atom is -0.359 e.